The normalized spacial score (nSPS) is 16.5. The van der Waals surface area contributed by atoms with Crippen LogP contribution in [0.5, 0.6) is 0 Å². The lowest BCUT2D eigenvalue weighted by Crippen LogP contribution is -2.32. The van der Waals surface area contributed by atoms with E-state index < -0.39 is 0 Å². The number of hydrogen-bond acceptors (Lipinski definition) is 5. The summed E-state index contributed by atoms with van der Waals surface area (Å²) in [5, 5.41) is 0. The van der Waals surface area contributed by atoms with Gasteiger partial charge < -0.3 is 15.0 Å². The van der Waals surface area contributed by atoms with Crippen LogP contribution in [0.1, 0.15) is 99.9 Å². The number of pyridine rings is 2. The van der Waals surface area contributed by atoms with Crippen LogP contribution in [-0.2, 0) is 22.7 Å². The van der Waals surface area contributed by atoms with E-state index in [-0.39, 0.29) is 30.1 Å². The van der Waals surface area contributed by atoms with Gasteiger partial charge in [-0.1, -0.05) is 41.0 Å². The fraction of sp³-hybridized carbons (Fsp3) is 0.560. The van der Waals surface area contributed by atoms with Crippen LogP contribution in [0, 0.1) is 13.8 Å². The maximum absolute atomic E-state index is 13.1. The predicted molar refractivity (Wildman–Crippen MR) is 125 cm³/mol. The number of fused-ring (bicyclic) bond motifs is 4. The highest BCUT2D eigenvalue weighted by Crippen LogP contribution is 2.39. The molecule has 2 atom stereocenters. The molecule has 4 heterocycles. The van der Waals surface area contributed by atoms with E-state index in [9.17, 15) is 9.59 Å². The van der Waals surface area contributed by atoms with Crippen molar-refractivity contribution in [2.24, 2.45) is 5.73 Å². The number of aryl methyl sites for hydroxylation is 1. The maximum Gasteiger partial charge on any atom is 0.313 e. The second kappa shape index (κ2) is 10.2. The minimum Gasteiger partial charge on any atom is -0.460 e. The van der Waals surface area contributed by atoms with Gasteiger partial charge in [0.1, 0.15) is 6.61 Å². The third kappa shape index (κ3) is 4.31. The average Bonchev–Trinajstić information content (AvgIpc) is 3.09. The van der Waals surface area contributed by atoms with Crippen molar-refractivity contribution in [3.05, 3.63) is 49.9 Å². The van der Waals surface area contributed by atoms with E-state index in [0.29, 0.717) is 18.5 Å². The molecule has 6 nitrogen and oxygen atoms in total. The van der Waals surface area contributed by atoms with Crippen molar-refractivity contribution in [1.82, 2.24) is 9.55 Å². The summed E-state index contributed by atoms with van der Waals surface area (Å²) in [6.07, 6.45) is 1.85. The number of ether oxygens (including phenoxy) is 1. The molecule has 2 aliphatic rings. The first-order valence-corrected chi connectivity index (χ1v) is 11.5. The number of esters is 1. The molecule has 0 saturated carbocycles. The van der Waals surface area contributed by atoms with Crippen molar-refractivity contribution in [1.29, 1.82) is 0 Å². The minimum atomic E-state index is -0.388. The number of aromatic nitrogens is 2. The summed E-state index contributed by atoms with van der Waals surface area (Å²) in [4.78, 5) is 30.0. The Morgan fingerprint density at radius 1 is 1.19 bits per heavy atom. The Kier molecular flexibility index (Phi) is 8.18. The van der Waals surface area contributed by atoms with Crippen molar-refractivity contribution in [3.63, 3.8) is 0 Å². The summed E-state index contributed by atoms with van der Waals surface area (Å²) in [5.41, 5.74) is 13.2. The van der Waals surface area contributed by atoms with Crippen LogP contribution in [0.3, 0.4) is 0 Å². The van der Waals surface area contributed by atoms with Crippen LogP contribution in [-0.4, -0.2) is 15.5 Å². The van der Waals surface area contributed by atoms with Crippen molar-refractivity contribution in [3.8, 4) is 11.4 Å². The molecule has 2 aliphatic heterocycles. The summed E-state index contributed by atoms with van der Waals surface area (Å²) in [5.74, 6) is -0.646. The zero-order valence-corrected chi connectivity index (χ0v) is 20.3. The highest BCUT2D eigenvalue weighted by atomic mass is 16.5. The van der Waals surface area contributed by atoms with Gasteiger partial charge in [0.25, 0.3) is 5.56 Å². The SMILES string of the molecule is CC.CCC.CCC1C(=O)OCc2c1cc1n(c2=O)Cc2c-1nc(C)c(C)c2C(C)N. The molecule has 2 unspecified atom stereocenters. The van der Waals surface area contributed by atoms with E-state index >= 15 is 0 Å². The Morgan fingerprint density at radius 2 is 1.81 bits per heavy atom. The number of hydrogen-bond donors (Lipinski definition) is 1. The number of cyclic esters (lactones) is 1. The van der Waals surface area contributed by atoms with Crippen molar-refractivity contribution in [2.45, 2.75) is 93.3 Å². The third-order valence-electron chi connectivity index (χ3n) is 5.71. The van der Waals surface area contributed by atoms with Crippen LogP contribution in [0.15, 0.2) is 10.9 Å². The second-order valence-electron chi connectivity index (χ2n) is 7.98. The van der Waals surface area contributed by atoms with Gasteiger partial charge in [-0.3, -0.25) is 14.6 Å². The molecule has 31 heavy (non-hydrogen) atoms. The molecule has 170 valence electrons. The van der Waals surface area contributed by atoms with Gasteiger partial charge in [0.05, 0.1) is 29.4 Å². The topological polar surface area (TPSA) is 87.2 Å². The Morgan fingerprint density at radius 3 is 2.35 bits per heavy atom. The van der Waals surface area contributed by atoms with Crippen molar-refractivity contribution >= 4 is 5.97 Å². The summed E-state index contributed by atoms with van der Waals surface area (Å²) >= 11 is 0. The smallest absolute Gasteiger partial charge is 0.313 e. The summed E-state index contributed by atoms with van der Waals surface area (Å²) in [7, 11) is 0. The largest absolute Gasteiger partial charge is 0.460 e. The molecule has 0 amide bonds. The molecule has 4 rings (SSSR count). The van der Waals surface area contributed by atoms with Crippen molar-refractivity contribution in [2.75, 3.05) is 0 Å². The highest BCUT2D eigenvalue weighted by molar-refractivity contribution is 5.81. The second-order valence-corrected chi connectivity index (χ2v) is 7.98. The van der Waals surface area contributed by atoms with Crippen molar-refractivity contribution < 1.29 is 9.53 Å². The van der Waals surface area contributed by atoms with Gasteiger partial charge in [-0.05, 0) is 49.9 Å². The molecule has 2 N–H and O–H groups in total. The van der Waals surface area contributed by atoms with E-state index in [1.807, 2.05) is 47.6 Å². The summed E-state index contributed by atoms with van der Waals surface area (Å²) in [6, 6.07) is 1.82. The molecular formula is C25H37N3O3. The molecular weight excluding hydrogens is 390 g/mol. The first kappa shape index (κ1) is 24.8. The van der Waals surface area contributed by atoms with Gasteiger partial charge in [0.2, 0.25) is 0 Å². The number of nitrogens with zero attached hydrogens (tertiary/aromatic N) is 2. The van der Waals surface area contributed by atoms with Crippen LogP contribution >= 0.6 is 0 Å². The monoisotopic (exact) mass is 427 g/mol. The van der Waals surface area contributed by atoms with Gasteiger partial charge in [-0.25, -0.2) is 0 Å². The molecule has 0 aromatic carbocycles. The van der Waals surface area contributed by atoms with E-state index in [0.717, 1.165) is 39.3 Å². The Bertz CT molecular complexity index is 1020. The molecule has 0 spiro atoms. The molecule has 2 aromatic heterocycles. The number of carbonyl (C=O) groups excluding carboxylic acids is 1. The summed E-state index contributed by atoms with van der Waals surface area (Å²) in [6.45, 7) is 16.6. The molecule has 0 aliphatic carbocycles. The maximum atomic E-state index is 13.1. The van der Waals surface area contributed by atoms with E-state index in [1.54, 1.807) is 4.57 Å². The zero-order valence-electron chi connectivity index (χ0n) is 20.3. The molecule has 0 saturated heterocycles. The summed E-state index contributed by atoms with van der Waals surface area (Å²) < 4.78 is 6.98. The predicted octanol–water partition coefficient (Wildman–Crippen LogP) is 4.90. The lowest BCUT2D eigenvalue weighted by molar-refractivity contribution is -0.148. The van der Waals surface area contributed by atoms with Crippen LogP contribution in [0.4, 0.5) is 0 Å². The Balaban J connectivity index is 0.000000630. The molecule has 0 radical (unpaired) electrons. The number of nitrogens with two attached hydrogens (primary N) is 1. The first-order valence-electron chi connectivity index (χ1n) is 11.5. The number of rotatable bonds is 2. The fourth-order valence-corrected chi connectivity index (χ4v) is 4.29. The van der Waals surface area contributed by atoms with E-state index in [2.05, 4.69) is 13.8 Å². The first-order chi connectivity index (χ1) is 14.8. The molecule has 0 bridgehead atoms. The molecule has 0 fully saturated rings. The van der Waals surface area contributed by atoms with Crippen LogP contribution in [0.2, 0.25) is 0 Å². The van der Waals surface area contributed by atoms with Gasteiger partial charge in [0, 0.05) is 17.3 Å². The molecule has 6 heteroatoms. The minimum absolute atomic E-state index is 0.0474. The van der Waals surface area contributed by atoms with E-state index in [1.165, 1.54) is 6.42 Å². The Hall–Kier alpha value is -2.47. The van der Waals surface area contributed by atoms with Crippen LogP contribution < -0.4 is 11.3 Å². The lowest BCUT2D eigenvalue weighted by Gasteiger charge is -2.24. The van der Waals surface area contributed by atoms with Gasteiger partial charge >= 0.3 is 5.97 Å². The highest BCUT2D eigenvalue weighted by Gasteiger charge is 2.35. The van der Waals surface area contributed by atoms with Gasteiger partial charge in [-0.15, -0.1) is 0 Å². The van der Waals surface area contributed by atoms with Crippen LogP contribution in [0.25, 0.3) is 11.4 Å². The van der Waals surface area contributed by atoms with E-state index in [4.69, 9.17) is 15.5 Å². The van der Waals surface area contributed by atoms with Gasteiger partial charge in [-0.2, -0.15) is 0 Å². The third-order valence-corrected chi connectivity index (χ3v) is 5.71. The van der Waals surface area contributed by atoms with Gasteiger partial charge in [0.15, 0.2) is 0 Å². The Labute approximate surface area is 185 Å². The quantitative estimate of drug-likeness (QED) is 0.588. The number of carbonyl (C=O) groups is 1. The standard InChI is InChI=1S/C20H23N3O3.C3H8.C2H6/c1-5-12-13-6-16-18-14(17(10(3)21)9(2)11(4)22-18)7-23(16)19(24)15(13)8-26-20(12)25;1-3-2;1-2/h6,10,12H,5,7-8,21H2,1-4H3;3H2,1-2H3;1-2H3. The average molecular weight is 428 g/mol. The molecule has 2 aromatic rings. The lowest BCUT2D eigenvalue weighted by atomic mass is 9.90. The zero-order chi connectivity index (χ0) is 23.5. The fourth-order valence-electron chi connectivity index (χ4n) is 4.29.